The molecule has 12 aromatic rings. The molecule has 0 radical (unpaired) electrons. The standard InChI is InChI=1S/C26H29N3O3S.C24H23F2N3O2S.C24H25N3O3S/c1-6-32-25-12-11-24(22-13-14-27-16-23(22)25)29-20(15-18(2)28-29)17-33(30,31)21-9-7-19(8-10-21)26(3,4)5;1-15-10-17(29(28-15)22-7-5-6-16-13-27-9-8-19(16)22)14-32(30,31)18-11-20(25)23(21(26)12-18)24(2,3)4;1-17-14-20(16-31(29,30)21-10-8-19(9-11-21)24(2,3)4)27(25-17)23-7-5-6-18-15-26(28)13-12-22(18)23/h7-16H,6,17H2,1-5H3;5-13H,14H2,1-4H3;5-15H,16H2,1-4H3. The van der Waals surface area contributed by atoms with Crippen LogP contribution >= 0.6 is 0 Å². The highest BCUT2D eigenvalue weighted by Crippen LogP contribution is 2.35. The van der Waals surface area contributed by atoms with Crippen LogP contribution in [0.15, 0.2) is 197 Å². The predicted octanol–water partition coefficient (Wildman–Crippen LogP) is 14.9. The van der Waals surface area contributed by atoms with E-state index < -0.39 is 57.2 Å². The Bertz CT molecular complexity index is 5220. The van der Waals surface area contributed by atoms with Crippen molar-refractivity contribution in [2.45, 2.75) is 138 Å². The minimum absolute atomic E-state index is 0.0401. The van der Waals surface area contributed by atoms with Crippen molar-refractivity contribution in [3.63, 3.8) is 0 Å². The monoisotopic (exact) mass is 1350 g/mol. The Morgan fingerprint density at radius 1 is 0.469 bits per heavy atom. The van der Waals surface area contributed by atoms with E-state index in [1.165, 1.54) is 12.4 Å². The van der Waals surface area contributed by atoms with Gasteiger partial charge in [-0.2, -0.15) is 20.0 Å². The van der Waals surface area contributed by atoms with Gasteiger partial charge in [0.05, 0.1) is 89.8 Å². The first-order valence-electron chi connectivity index (χ1n) is 31.1. The molecule has 6 heterocycles. The van der Waals surface area contributed by atoms with E-state index in [2.05, 4.69) is 66.8 Å². The van der Waals surface area contributed by atoms with Gasteiger partial charge in [-0.05, 0) is 152 Å². The van der Waals surface area contributed by atoms with Crippen molar-refractivity contribution < 1.29 is 43.5 Å². The van der Waals surface area contributed by atoms with Crippen LogP contribution in [0.25, 0.3) is 49.4 Å². The van der Waals surface area contributed by atoms with Gasteiger partial charge in [0.1, 0.15) is 17.4 Å². The highest BCUT2D eigenvalue weighted by Gasteiger charge is 2.29. The Balaban J connectivity index is 0.000000157. The van der Waals surface area contributed by atoms with Crippen molar-refractivity contribution in [1.82, 2.24) is 39.3 Å². The highest BCUT2D eigenvalue weighted by molar-refractivity contribution is 7.91. The molecule has 17 nitrogen and oxygen atoms in total. The van der Waals surface area contributed by atoms with Gasteiger partial charge in [-0.3, -0.25) is 9.97 Å². The molecule has 6 aromatic heterocycles. The number of hydrogen-bond acceptors (Lipinski definition) is 13. The summed E-state index contributed by atoms with van der Waals surface area (Å²) < 4.78 is 120. The molecule has 12 rings (SSSR count). The number of rotatable bonds is 14. The minimum Gasteiger partial charge on any atom is -0.619 e. The predicted molar refractivity (Wildman–Crippen MR) is 371 cm³/mol. The summed E-state index contributed by atoms with van der Waals surface area (Å²) in [5.41, 5.74) is 7.05. The summed E-state index contributed by atoms with van der Waals surface area (Å²) in [5, 5.41) is 30.4. The number of ether oxygens (including phenoxy) is 1. The van der Waals surface area contributed by atoms with Crippen LogP contribution in [0.2, 0.25) is 0 Å². The second-order valence-electron chi connectivity index (χ2n) is 26.8. The van der Waals surface area contributed by atoms with Crippen LogP contribution in [0.4, 0.5) is 8.78 Å². The van der Waals surface area contributed by atoms with Gasteiger partial charge in [0.15, 0.2) is 41.9 Å². The first kappa shape index (κ1) is 69.3. The van der Waals surface area contributed by atoms with Crippen LogP contribution in [0.3, 0.4) is 0 Å². The summed E-state index contributed by atoms with van der Waals surface area (Å²) in [6.07, 6.45) is 9.76. The molecule has 498 valence electrons. The maximum Gasteiger partial charge on any atom is 0.188 e. The SMILES string of the molecule is CCOc1ccc(-n2nc(C)cc2CS(=O)(=O)c2ccc(C(C)(C)C)cc2)c2ccncc12.Cc1cc(CS(=O)(=O)c2cc(F)c(C(C)(C)C)c(F)c2)n(-c2cccc3cnccc23)n1.Cc1cc(CS(=O)(=O)c2ccc(C(C)(C)C)cc2)n(-c2cccc3c[n+]([O-])ccc23)n1. The summed E-state index contributed by atoms with van der Waals surface area (Å²) in [5.74, 6) is -1.79. The van der Waals surface area contributed by atoms with Gasteiger partial charge in [0, 0.05) is 68.7 Å². The maximum atomic E-state index is 14.7. The van der Waals surface area contributed by atoms with E-state index in [-0.39, 0.29) is 32.8 Å². The van der Waals surface area contributed by atoms with Gasteiger partial charge in [-0.1, -0.05) is 105 Å². The van der Waals surface area contributed by atoms with E-state index in [0.717, 1.165) is 88.8 Å². The summed E-state index contributed by atoms with van der Waals surface area (Å²) in [7, 11) is -11.2. The normalized spacial score (nSPS) is 12.4. The molecule has 0 spiro atoms. The molecule has 6 aromatic carbocycles. The summed E-state index contributed by atoms with van der Waals surface area (Å²) in [6, 6.07) is 41.7. The number of hydrogen-bond donors (Lipinski definition) is 0. The fraction of sp³-hybridized carbons (Fsp3) is 0.270. The number of fused-ring (bicyclic) bond motifs is 3. The average molecular weight is 1350 g/mol. The molecular formula is C74H77F2N9O8S3. The van der Waals surface area contributed by atoms with Gasteiger partial charge >= 0.3 is 0 Å². The van der Waals surface area contributed by atoms with E-state index in [0.29, 0.717) is 40.0 Å². The third-order valence-corrected chi connectivity index (χ3v) is 21.1. The minimum atomic E-state index is -4.04. The Labute approximate surface area is 559 Å². The zero-order chi connectivity index (χ0) is 69.5. The molecule has 0 N–H and O–H groups in total. The lowest BCUT2D eigenvalue weighted by Gasteiger charge is -2.21. The topological polar surface area (TPSA) is 218 Å². The molecule has 0 saturated heterocycles. The third-order valence-electron chi connectivity index (χ3n) is 16.2. The molecule has 0 aliphatic rings. The van der Waals surface area contributed by atoms with Crippen molar-refractivity contribution in [1.29, 1.82) is 0 Å². The highest BCUT2D eigenvalue weighted by atomic mass is 32.2. The number of aromatic nitrogens is 9. The summed E-state index contributed by atoms with van der Waals surface area (Å²) in [4.78, 5) is 8.55. The number of aryl methyl sites for hydroxylation is 3. The molecule has 0 amide bonds. The first-order chi connectivity index (χ1) is 45.1. The lowest BCUT2D eigenvalue weighted by atomic mass is 9.86. The molecule has 0 atom stereocenters. The van der Waals surface area contributed by atoms with E-state index in [1.54, 1.807) is 109 Å². The quantitative estimate of drug-likeness (QED) is 0.0732. The average Bonchev–Trinajstić information content (AvgIpc) is 1.51. The van der Waals surface area contributed by atoms with Crippen molar-refractivity contribution in [3.8, 4) is 22.8 Å². The van der Waals surface area contributed by atoms with Gasteiger partial charge in [0.25, 0.3) is 0 Å². The zero-order valence-electron chi connectivity index (χ0n) is 55.9. The lowest BCUT2D eigenvalue weighted by Crippen LogP contribution is -2.23. The Morgan fingerprint density at radius 2 is 0.885 bits per heavy atom. The van der Waals surface area contributed by atoms with E-state index in [4.69, 9.17) is 4.74 Å². The first-order valence-corrected chi connectivity index (χ1v) is 36.1. The van der Waals surface area contributed by atoms with Gasteiger partial charge in [0.2, 0.25) is 0 Å². The zero-order valence-corrected chi connectivity index (χ0v) is 58.4. The van der Waals surface area contributed by atoms with Crippen LogP contribution in [0, 0.1) is 37.6 Å². The van der Waals surface area contributed by atoms with Crippen molar-refractivity contribution >= 4 is 61.8 Å². The molecule has 0 aliphatic heterocycles. The summed E-state index contributed by atoms with van der Waals surface area (Å²) >= 11 is 0. The third kappa shape index (κ3) is 15.3. The largest absolute Gasteiger partial charge is 0.619 e. The number of halogens is 2. The van der Waals surface area contributed by atoms with Gasteiger partial charge in [-0.25, -0.2) is 48.1 Å². The molecule has 0 aliphatic carbocycles. The fourth-order valence-electron chi connectivity index (χ4n) is 11.5. The molecule has 96 heavy (non-hydrogen) atoms. The maximum absolute atomic E-state index is 14.7. The molecule has 0 bridgehead atoms. The number of pyridine rings is 3. The number of sulfone groups is 3. The van der Waals surface area contributed by atoms with Crippen LogP contribution in [-0.2, 0) is 63.0 Å². The van der Waals surface area contributed by atoms with Crippen LogP contribution in [-0.4, -0.2) is 71.2 Å². The fourth-order valence-corrected chi connectivity index (χ4v) is 15.4. The van der Waals surface area contributed by atoms with E-state index >= 15 is 0 Å². The second kappa shape index (κ2) is 26.9. The van der Waals surface area contributed by atoms with Crippen LogP contribution in [0.1, 0.15) is 120 Å². The van der Waals surface area contributed by atoms with Crippen molar-refractivity contribution in [2.75, 3.05) is 6.61 Å². The number of benzene rings is 6. The Morgan fingerprint density at radius 3 is 1.33 bits per heavy atom. The molecule has 0 saturated carbocycles. The van der Waals surface area contributed by atoms with Crippen LogP contribution in [0.5, 0.6) is 5.75 Å². The van der Waals surface area contributed by atoms with Gasteiger partial charge in [-0.15, -0.1) is 0 Å². The van der Waals surface area contributed by atoms with E-state index in [9.17, 15) is 39.2 Å². The Hall–Kier alpha value is -9.51. The van der Waals surface area contributed by atoms with Crippen LogP contribution < -0.4 is 9.47 Å². The number of nitrogens with zero attached hydrogens (tertiary/aromatic N) is 9. The molecular weight excluding hydrogens is 1280 g/mol. The lowest BCUT2D eigenvalue weighted by molar-refractivity contribution is -0.603. The molecule has 22 heteroatoms. The van der Waals surface area contributed by atoms with Crippen molar-refractivity contribution in [3.05, 3.63) is 250 Å². The second-order valence-corrected chi connectivity index (χ2v) is 32.8. The molecule has 0 fully saturated rings. The van der Waals surface area contributed by atoms with Gasteiger partial charge < -0.3 is 9.94 Å². The smallest absolute Gasteiger partial charge is 0.188 e. The van der Waals surface area contributed by atoms with Crippen molar-refractivity contribution in [2.24, 2.45) is 0 Å². The molecule has 0 unspecified atom stereocenters. The summed E-state index contributed by atoms with van der Waals surface area (Å²) in [6.45, 7) is 25.5. The van der Waals surface area contributed by atoms with E-state index in [1.807, 2.05) is 112 Å². The Kier molecular flexibility index (Phi) is 19.5.